The Bertz CT molecular complexity index is 1250. The number of hydrogen-bond donors (Lipinski definition) is 1. The first-order chi connectivity index (χ1) is 17.2. The molecule has 0 radical (unpaired) electrons. The average molecular weight is 488 g/mol. The minimum Gasteiger partial charge on any atom is -0.444 e. The molecule has 0 bridgehead atoms. The molecule has 0 saturated carbocycles. The molecule has 7 nitrogen and oxygen atoms in total. The fourth-order valence-corrected chi connectivity index (χ4v) is 5.46. The number of allylic oxidation sites excluding steroid dienone is 2. The fraction of sp³-hybridized carbons (Fsp3) is 0.414. The molecule has 2 aromatic rings. The number of carbonyl (C=O) groups is 3. The van der Waals surface area contributed by atoms with E-state index < -0.39 is 17.6 Å². The second-order valence-electron chi connectivity index (χ2n) is 10.8. The predicted molar refractivity (Wildman–Crippen MR) is 138 cm³/mol. The van der Waals surface area contributed by atoms with Crippen LogP contribution in [0.3, 0.4) is 0 Å². The summed E-state index contributed by atoms with van der Waals surface area (Å²) in [7, 11) is 0. The van der Waals surface area contributed by atoms with Gasteiger partial charge in [0, 0.05) is 31.2 Å². The number of rotatable bonds is 3. The van der Waals surface area contributed by atoms with Crippen LogP contribution in [0.15, 0.2) is 66.3 Å². The third kappa shape index (κ3) is 4.74. The molecule has 188 valence electrons. The van der Waals surface area contributed by atoms with Crippen molar-refractivity contribution in [3.05, 3.63) is 71.8 Å². The molecular weight excluding hydrogens is 454 g/mol. The van der Waals surface area contributed by atoms with Crippen LogP contribution in [-0.4, -0.2) is 65.0 Å². The lowest BCUT2D eigenvalue weighted by Crippen LogP contribution is -2.52. The molecule has 2 aliphatic heterocycles. The van der Waals surface area contributed by atoms with Crippen molar-refractivity contribution in [3.63, 3.8) is 0 Å². The molecule has 3 atom stereocenters. The highest BCUT2D eigenvalue weighted by Gasteiger charge is 2.45. The predicted octanol–water partition coefficient (Wildman–Crippen LogP) is 4.29. The SMILES string of the molecule is CC(C)(C)OC(=O)N1CCCC(N2CC3=CC=CC(NC(=O)c4cccc5ccccc45)C3C2=O)C1. The molecule has 3 amide bonds. The van der Waals surface area contributed by atoms with Crippen LogP contribution in [0.1, 0.15) is 44.0 Å². The van der Waals surface area contributed by atoms with E-state index in [4.69, 9.17) is 4.74 Å². The highest BCUT2D eigenvalue weighted by Crippen LogP contribution is 2.34. The maximum atomic E-state index is 13.7. The van der Waals surface area contributed by atoms with Crippen LogP contribution in [-0.2, 0) is 9.53 Å². The molecule has 1 N–H and O–H groups in total. The maximum absolute atomic E-state index is 13.7. The second kappa shape index (κ2) is 9.45. The van der Waals surface area contributed by atoms with E-state index in [-0.39, 0.29) is 23.9 Å². The molecule has 2 heterocycles. The van der Waals surface area contributed by atoms with E-state index in [0.717, 1.165) is 29.2 Å². The van der Waals surface area contributed by atoms with Crippen LogP contribution in [0.5, 0.6) is 0 Å². The number of piperidine rings is 1. The molecule has 1 aliphatic carbocycles. The Hall–Kier alpha value is -3.61. The zero-order valence-electron chi connectivity index (χ0n) is 21.1. The van der Waals surface area contributed by atoms with Gasteiger partial charge in [-0.15, -0.1) is 0 Å². The third-order valence-corrected chi connectivity index (χ3v) is 7.11. The molecule has 2 saturated heterocycles. The summed E-state index contributed by atoms with van der Waals surface area (Å²) in [5.41, 5.74) is 1.04. The zero-order chi connectivity index (χ0) is 25.4. The number of ether oxygens (including phenoxy) is 1. The van der Waals surface area contributed by atoms with Gasteiger partial charge in [-0.3, -0.25) is 9.59 Å². The smallest absolute Gasteiger partial charge is 0.410 e. The first-order valence-corrected chi connectivity index (χ1v) is 12.7. The zero-order valence-corrected chi connectivity index (χ0v) is 21.1. The van der Waals surface area contributed by atoms with Gasteiger partial charge in [-0.25, -0.2) is 4.79 Å². The molecule has 0 spiro atoms. The lowest BCUT2D eigenvalue weighted by molar-refractivity contribution is -0.134. The first kappa shape index (κ1) is 24.1. The highest BCUT2D eigenvalue weighted by molar-refractivity contribution is 6.07. The van der Waals surface area contributed by atoms with Crippen molar-refractivity contribution in [1.82, 2.24) is 15.1 Å². The van der Waals surface area contributed by atoms with Crippen LogP contribution >= 0.6 is 0 Å². The molecule has 2 aromatic carbocycles. The van der Waals surface area contributed by atoms with E-state index in [1.54, 1.807) is 4.90 Å². The molecule has 3 unspecified atom stereocenters. The summed E-state index contributed by atoms with van der Waals surface area (Å²) in [6.07, 6.45) is 7.12. The average Bonchev–Trinajstić information content (AvgIpc) is 3.20. The van der Waals surface area contributed by atoms with Crippen LogP contribution in [0.25, 0.3) is 10.8 Å². The van der Waals surface area contributed by atoms with Gasteiger partial charge in [0.25, 0.3) is 5.91 Å². The molecule has 2 fully saturated rings. The second-order valence-corrected chi connectivity index (χ2v) is 10.8. The van der Waals surface area contributed by atoms with Gasteiger partial charge in [-0.1, -0.05) is 54.6 Å². The molecule has 36 heavy (non-hydrogen) atoms. The van der Waals surface area contributed by atoms with E-state index in [1.165, 1.54) is 0 Å². The van der Waals surface area contributed by atoms with Gasteiger partial charge in [0.2, 0.25) is 5.91 Å². The van der Waals surface area contributed by atoms with Crippen LogP contribution in [0.4, 0.5) is 4.79 Å². The Kier molecular flexibility index (Phi) is 6.33. The topological polar surface area (TPSA) is 79.0 Å². The van der Waals surface area contributed by atoms with Crippen molar-refractivity contribution in [2.45, 2.75) is 51.3 Å². The first-order valence-electron chi connectivity index (χ1n) is 12.7. The monoisotopic (exact) mass is 487 g/mol. The number of benzene rings is 2. The van der Waals surface area contributed by atoms with Gasteiger partial charge < -0.3 is 19.9 Å². The van der Waals surface area contributed by atoms with Crippen molar-refractivity contribution in [3.8, 4) is 0 Å². The lowest BCUT2D eigenvalue weighted by Gasteiger charge is -2.38. The van der Waals surface area contributed by atoms with Crippen molar-refractivity contribution < 1.29 is 19.1 Å². The number of hydrogen-bond acceptors (Lipinski definition) is 4. The minimum absolute atomic E-state index is 0.00450. The molecular formula is C29H33N3O4. The summed E-state index contributed by atoms with van der Waals surface area (Å²) >= 11 is 0. The lowest BCUT2D eigenvalue weighted by atomic mass is 9.89. The Morgan fingerprint density at radius 3 is 2.67 bits per heavy atom. The van der Waals surface area contributed by atoms with Crippen LogP contribution in [0, 0.1) is 5.92 Å². The number of nitrogens with zero attached hydrogens (tertiary/aromatic N) is 2. The summed E-state index contributed by atoms with van der Waals surface area (Å²) in [6, 6.07) is 13.0. The van der Waals surface area contributed by atoms with Gasteiger partial charge in [-0.05, 0) is 56.0 Å². The van der Waals surface area contributed by atoms with Gasteiger partial charge in [-0.2, -0.15) is 0 Å². The fourth-order valence-electron chi connectivity index (χ4n) is 5.46. The van der Waals surface area contributed by atoms with Crippen LogP contribution in [0.2, 0.25) is 0 Å². The number of carbonyl (C=O) groups excluding carboxylic acids is 3. The van der Waals surface area contributed by atoms with Gasteiger partial charge in [0.05, 0.1) is 12.0 Å². The largest absolute Gasteiger partial charge is 0.444 e. The van der Waals surface area contributed by atoms with Crippen molar-refractivity contribution >= 4 is 28.7 Å². The summed E-state index contributed by atoms with van der Waals surface area (Å²) in [5.74, 6) is -0.613. The Labute approximate surface area is 211 Å². The highest BCUT2D eigenvalue weighted by atomic mass is 16.6. The summed E-state index contributed by atoms with van der Waals surface area (Å²) in [4.78, 5) is 43.2. The molecule has 7 heteroatoms. The van der Waals surface area contributed by atoms with Crippen molar-refractivity contribution in [1.29, 1.82) is 0 Å². The third-order valence-electron chi connectivity index (χ3n) is 7.11. The summed E-state index contributed by atoms with van der Waals surface area (Å²) < 4.78 is 5.56. The van der Waals surface area contributed by atoms with E-state index in [0.29, 0.717) is 25.2 Å². The Balaban J connectivity index is 1.30. The Morgan fingerprint density at radius 2 is 1.86 bits per heavy atom. The quantitative estimate of drug-likeness (QED) is 0.701. The van der Waals surface area contributed by atoms with Gasteiger partial charge in [0.1, 0.15) is 5.60 Å². The van der Waals surface area contributed by atoms with E-state index >= 15 is 0 Å². The van der Waals surface area contributed by atoms with Crippen molar-refractivity contribution in [2.75, 3.05) is 19.6 Å². The normalized spacial score (nSPS) is 23.9. The number of fused-ring (bicyclic) bond motifs is 2. The standard InChI is InChI=1S/C29H33N3O4/c1-29(2,3)36-28(35)31-16-8-12-21(18-31)32-17-20-11-7-15-24(25(20)27(32)34)30-26(33)23-14-6-10-19-9-4-5-13-22(19)23/h4-7,9-11,13-15,21,24-25H,8,12,16-18H2,1-3H3,(H,30,33). The summed E-state index contributed by atoms with van der Waals surface area (Å²) in [6.45, 7) is 7.17. The van der Waals surface area contributed by atoms with E-state index in [2.05, 4.69) is 5.32 Å². The molecule has 5 rings (SSSR count). The van der Waals surface area contributed by atoms with Gasteiger partial charge in [0.15, 0.2) is 0 Å². The maximum Gasteiger partial charge on any atom is 0.410 e. The molecule has 3 aliphatic rings. The number of nitrogens with one attached hydrogen (secondary N) is 1. The number of amides is 3. The summed E-state index contributed by atoms with van der Waals surface area (Å²) in [5, 5.41) is 4.99. The van der Waals surface area contributed by atoms with Gasteiger partial charge >= 0.3 is 6.09 Å². The van der Waals surface area contributed by atoms with E-state index in [1.807, 2.05) is 86.4 Å². The Morgan fingerprint density at radius 1 is 1.08 bits per heavy atom. The van der Waals surface area contributed by atoms with Crippen LogP contribution < -0.4 is 5.32 Å². The van der Waals surface area contributed by atoms with Crippen molar-refractivity contribution in [2.24, 2.45) is 5.92 Å². The van der Waals surface area contributed by atoms with E-state index in [9.17, 15) is 14.4 Å². The number of likely N-dealkylation sites (tertiary alicyclic amines) is 2. The minimum atomic E-state index is -0.561. The molecule has 0 aromatic heterocycles.